The number of halogens is 3. The van der Waals surface area contributed by atoms with Crippen LogP contribution in [0.3, 0.4) is 0 Å². The van der Waals surface area contributed by atoms with E-state index >= 15 is 0 Å². The monoisotopic (exact) mass is 384 g/mol. The molecule has 10 heteroatoms. The average Bonchev–Trinajstić information content (AvgIpc) is 2.55. The lowest BCUT2D eigenvalue weighted by Gasteiger charge is -2.32. The van der Waals surface area contributed by atoms with Gasteiger partial charge in [0.1, 0.15) is 5.75 Å². The molecule has 0 aromatic heterocycles. The van der Waals surface area contributed by atoms with Crippen LogP contribution in [-0.2, 0) is 14.8 Å². The molecule has 0 aliphatic carbocycles. The lowest BCUT2D eigenvalue weighted by Crippen LogP contribution is -2.47. The zero-order valence-corrected chi connectivity index (χ0v) is 14.6. The van der Waals surface area contributed by atoms with Gasteiger partial charge in [-0.2, -0.15) is 8.78 Å². The van der Waals surface area contributed by atoms with Gasteiger partial charge in [0, 0.05) is 25.7 Å². The van der Waals surface area contributed by atoms with Crippen molar-refractivity contribution in [2.75, 3.05) is 32.8 Å². The Kier molecular flexibility index (Phi) is 6.76. The molecule has 1 fully saturated rings. The molecule has 136 valence electrons. The summed E-state index contributed by atoms with van der Waals surface area (Å²) >= 11 is 5.79. The number of rotatable bonds is 7. The van der Waals surface area contributed by atoms with E-state index < -0.39 is 16.6 Å². The predicted molar refractivity (Wildman–Crippen MR) is 85.1 cm³/mol. The zero-order chi connectivity index (χ0) is 17.7. The first-order valence-corrected chi connectivity index (χ1v) is 9.21. The second-order valence-corrected chi connectivity index (χ2v) is 7.49. The molecule has 0 amide bonds. The Hall–Kier alpha value is -1.00. The third kappa shape index (κ3) is 5.25. The molecule has 24 heavy (non-hydrogen) atoms. The topological polar surface area (TPSA) is 67.9 Å². The van der Waals surface area contributed by atoms with Crippen molar-refractivity contribution in [1.82, 2.24) is 9.62 Å². The average molecular weight is 385 g/mol. The van der Waals surface area contributed by atoms with Crippen molar-refractivity contribution in [2.24, 2.45) is 0 Å². The molecular formula is C14H19ClF2N2O4S. The number of ether oxygens (including phenoxy) is 2. The van der Waals surface area contributed by atoms with Crippen molar-refractivity contribution in [3.05, 3.63) is 23.2 Å². The van der Waals surface area contributed by atoms with E-state index in [2.05, 4.69) is 14.4 Å². The number of hydrogen-bond acceptors (Lipinski definition) is 5. The number of sulfonamides is 1. The highest BCUT2D eigenvalue weighted by molar-refractivity contribution is 7.89. The van der Waals surface area contributed by atoms with E-state index in [-0.39, 0.29) is 28.3 Å². The number of morpholine rings is 1. The summed E-state index contributed by atoms with van der Waals surface area (Å²) < 4.78 is 60.9. The minimum Gasteiger partial charge on any atom is -0.433 e. The zero-order valence-electron chi connectivity index (χ0n) is 13.0. The van der Waals surface area contributed by atoms with E-state index in [1.54, 1.807) is 0 Å². The lowest BCUT2D eigenvalue weighted by molar-refractivity contribution is -0.0498. The van der Waals surface area contributed by atoms with Crippen molar-refractivity contribution in [3.8, 4) is 5.75 Å². The Morgan fingerprint density at radius 3 is 2.62 bits per heavy atom. The van der Waals surface area contributed by atoms with Crippen LogP contribution in [0.2, 0.25) is 5.02 Å². The van der Waals surface area contributed by atoms with Gasteiger partial charge in [-0.1, -0.05) is 11.6 Å². The number of benzene rings is 1. The van der Waals surface area contributed by atoms with Gasteiger partial charge in [-0.05, 0) is 25.1 Å². The molecule has 0 spiro atoms. The van der Waals surface area contributed by atoms with Gasteiger partial charge in [-0.15, -0.1) is 0 Å². The summed E-state index contributed by atoms with van der Waals surface area (Å²) in [5, 5.41) is -0.195. The van der Waals surface area contributed by atoms with Crippen LogP contribution in [-0.4, -0.2) is 58.8 Å². The molecule has 1 aliphatic rings. The van der Waals surface area contributed by atoms with Crippen molar-refractivity contribution in [3.63, 3.8) is 0 Å². The summed E-state index contributed by atoms with van der Waals surface area (Å²) in [5.74, 6) is -0.271. The van der Waals surface area contributed by atoms with Crippen molar-refractivity contribution < 1.29 is 26.7 Å². The van der Waals surface area contributed by atoms with Crippen LogP contribution >= 0.6 is 11.6 Å². The molecule has 0 bridgehead atoms. The van der Waals surface area contributed by atoms with Gasteiger partial charge in [-0.3, -0.25) is 4.90 Å². The van der Waals surface area contributed by atoms with E-state index in [1.165, 1.54) is 6.07 Å². The molecule has 6 nitrogen and oxygen atoms in total. The van der Waals surface area contributed by atoms with Crippen molar-refractivity contribution >= 4 is 21.6 Å². The summed E-state index contributed by atoms with van der Waals surface area (Å²) in [7, 11) is -3.80. The Labute approximate surface area is 144 Å². The van der Waals surface area contributed by atoms with Crippen LogP contribution < -0.4 is 9.46 Å². The van der Waals surface area contributed by atoms with Crippen molar-refractivity contribution in [1.29, 1.82) is 0 Å². The van der Waals surface area contributed by atoms with Crippen molar-refractivity contribution in [2.45, 2.75) is 24.5 Å². The highest BCUT2D eigenvalue weighted by Gasteiger charge is 2.21. The highest BCUT2D eigenvalue weighted by atomic mass is 35.5. The molecule has 1 N–H and O–H groups in total. The third-order valence-corrected chi connectivity index (χ3v) is 5.38. The van der Waals surface area contributed by atoms with Crippen LogP contribution in [0.1, 0.15) is 6.92 Å². The van der Waals surface area contributed by atoms with Gasteiger partial charge in [0.2, 0.25) is 10.0 Å². The fraction of sp³-hybridized carbons (Fsp3) is 0.571. The van der Waals surface area contributed by atoms with E-state index in [1.807, 2.05) is 6.92 Å². The smallest absolute Gasteiger partial charge is 0.387 e. The minimum absolute atomic E-state index is 0.000544. The van der Waals surface area contributed by atoms with Crippen LogP contribution in [0, 0.1) is 0 Å². The van der Waals surface area contributed by atoms with Crippen LogP contribution in [0.4, 0.5) is 8.78 Å². The Balaban J connectivity index is 2.00. The Bertz CT molecular complexity index is 654. The second kappa shape index (κ2) is 8.39. The van der Waals surface area contributed by atoms with Crippen LogP contribution in [0.5, 0.6) is 5.75 Å². The maximum atomic E-state index is 12.3. The predicted octanol–water partition coefficient (Wildman–Crippen LogP) is 1.94. The van der Waals surface area contributed by atoms with E-state index in [4.69, 9.17) is 16.3 Å². The number of nitrogens with one attached hydrogen (secondary N) is 1. The summed E-state index contributed by atoms with van der Waals surface area (Å²) in [6, 6.07) is 3.36. The normalized spacial score (nSPS) is 17.9. The van der Waals surface area contributed by atoms with Gasteiger partial charge in [0.25, 0.3) is 0 Å². The summed E-state index contributed by atoms with van der Waals surface area (Å²) in [6.07, 6.45) is 0. The Morgan fingerprint density at radius 2 is 2.04 bits per heavy atom. The molecule has 0 saturated carbocycles. The highest BCUT2D eigenvalue weighted by Crippen LogP contribution is 2.28. The first kappa shape index (κ1) is 19.3. The second-order valence-electron chi connectivity index (χ2n) is 5.32. The summed E-state index contributed by atoms with van der Waals surface area (Å²) in [4.78, 5) is 2.02. The molecule has 1 heterocycles. The largest absolute Gasteiger partial charge is 0.433 e. The van der Waals surface area contributed by atoms with E-state index in [0.29, 0.717) is 13.2 Å². The standard InChI is InChI=1S/C14H19ClF2N2O4S/c1-10(19-4-6-22-7-5-19)9-18-24(20,21)11-2-3-13(12(15)8-11)23-14(16)17/h2-3,8,10,14,18H,4-7,9H2,1H3. The van der Waals surface area contributed by atoms with Gasteiger partial charge < -0.3 is 9.47 Å². The fourth-order valence-corrected chi connectivity index (χ4v) is 3.74. The maximum Gasteiger partial charge on any atom is 0.387 e. The molecule has 1 aromatic carbocycles. The Morgan fingerprint density at radius 1 is 1.38 bits per heavy atom. The van der Waals surface area contributed by atoms with E-state index in [0.717, 1.165) is 25.2 Å². The van der Waals surface area contributed by atoms with Crippen LogP contribution in [0.15, 0.2) is 23.1 Å². The molecule has 1 aromatic rings. The maximum absolute atomic E-state index is 12.3. The molecule has 1 unspecified atom stereocenters. The van der Waals surface area contributed by atoms with Gasteiger partial charge >= 0.3 is 6.61 Å². The van der Waals surface area contributed by atoms with E-state index in [9.17, 15) is 17.2 Å². The fourth-order valence-electron chi connectivity index (χ4n) is 2.30. The number of hydrogen-bond donors (Lipinski definition) is 1. The van der Waals surface area contributed by atoms with Gasteiger partial charge in [0.05, 0.1) is 23.1 Å². The SMILES string of the molecule is CC(CNS(=O)(=O)c1ccc(OC(F)F)c(Cl)c1)N1CCOCC1. The number of nitrogens with zero attached hydrogens (tertiary/aromatic N) is 1. The van der Waals surface area contributed by atoms with Gasteiger partial charge in [0.15, 0.2) is 0 Å². The van der Waals surface area contributed by atoms with Gasteiger partial charge in [-0.25, -0.2) is 13.1 Å². The lowest BCUT2D eigenvalue weighted by atomic mass is 10.2. The first-order chi connectivity index (χ1) is 11.3. The molecular weight excluding hydrogens is 366 g/mol. The molecule has 2 rings (SSSR count). The third-order valence-electron chi connectivity index (χ3n) is 3.67. The summed E-state index contributed by atoms with van der Waals surface area (Å²) in [6.45, 7) is 1.84. The minimum atomic E-state index is -3.80. The molecule has 1 aliphatic heterocycles. The molecule has 1 saturated heterocycles. The quantitative estimate of drug-likeness (QED) is 0.778. The van der Waals surface area contributed by atoms with Crippen LogP contribution in [0.25, 0.3) is 0 Å². The molecule has 1 atom stereocenters. The first-order valence-electron chi connectivity index (χ1n) is 7.35. The summed E-state index contributed by atoms with van der Waals surface area (Å²) in [5.41, 5.74) is 0. The number of alkyl halides is 2. The molecule has 0 radical (unpaired) electrons.